The average molecular weight is 324 g/mol. The Labute approximate surface area is 139 Å². The van der Waals surface area contributed by atoms with Crippen LogP contribution in [0.4, 0.5) is 21.8 Å². The highest BCUT2D eigenvalue weighted by Crippen LogP contribution is 2.25. The molecule has 0 bridgehead atoms. The van der Waals surface area contributed by atoms with Crippen LogP contribution in [-0.4, -0.2) is 17.1 Å². The molecule has 1 heterocycles. The standard InChI is InChI=1S/C18H17FN4O/c1-24-16-5-3-2-4-15(16)22-18-20-11-10-17(23-18)21-12-13-6-8-14(19)9-7-13/h2-11H,12H2,1H3,(H2,20,21,22,23). The fourth-order valence-electron chi connectivity index (χ4n) is 2.18. The van der Waals surface area contributed by atoms with Crippen LogP contribution in [0.3, 0.4) is 0 Å². The first-order chi connectivity index (χ1) is 11.7. The van der Waals surface area contributed by atoms with E-state index in [9.17, 15) is 4.39 Å². The van der Waals surface area contributed by atoms with Crippen molar-refractivity contribution in [1.29, 1.82) is 0 Å². The molecule has 3 aromatic rings. The van der Waals surface area contributed by atoms with Crippen LogP contribution < -0.4 is 15.4 Å². The Morgan fingerprint density at radius 2 is 1.83 bits per heavy atom. The second kappa shape index (κ2) is 7.41. The van der Waals surface area contributed by atoms with Crippen molar-refractivity contribution in [2.45, 2.75) is 6.54 Å². The van der Waals surface area contributed by atoms with Crippen molar-refractivity contribution in [3.8, 4) is 5.75 Å². The second-order valence-electron chi connectivity index (χ2n) is 5.07. The second-order valence-corrected chi connectivity index (χ2v) is 5.07. The Balaban J connectivity index is 1.68. The maximum absolute atomic E-state index is 12.9. The molecule has 122 valence electrons. The van der Waals surface area contributed by atoms with E-state index >= 15 is 0 Å². The van der Waals surface area contributed by atoms with Gasteiger partial charge in [-0.25, -0.2) is 9.37 Å². The molecule has 5 nitrogen and oxygen atoms in total. The van der Waals surface area contributed by atoms with Crippen LogP contribution >= 0.6 is 0 Å². The number of methoxy groups -OCH3 is 1. The summed E-state index contributed by atoms with van der Waals surface area (Å²) in [5.74, 6) is 1.60. The lowest BCUT2D eigenvalue weighted by atomic mass is 10.2. The van der Waals surface area contributed by atoms with E-state index in [-0.39, 0.29) is 5.82 Å². The Morgan fingerprint density at radius 3 is 2.62 bits per heavy atom. The van der Waals surface area contributed by atoms with E-state index in [2.05, 4.69) is 20.6 Å². The number of para-hydroxylation sites is 2. The molecule has 2 N–H and O–H groups in total. The molecular formula is C18H17FN4O. The molecule has 0 radical (unpaired) electrons. The number of nitrogens with zero attached hydrogens (tertiary/aromatic N) is 2. The van der Waals surface area contributed by atoms with Crippen molar-refractivity contribution in [3.63, 3.8) is 0 Å². The Hall–Kier alpha value is -3.15. The van der Waals surface area contributed by atoms with Gasteiger partial charge in [-0.05, 0) is 35.9 Å². The van der Waals surface area contributed by atoms with Crippen molar-refractivity contribution >= 4 is 17.5 Å². The van der Waals surface area contributed by atoms with Gasteiger partial charge in [0, 0.05) is 12.7 Å². The van der Waals surface area contributed by atoms with Gasteiger partial charge >= 0.3 is 0 Å². The summed E-state index contributed by atoms with van der Waals surface area (Å²) in [5.41, 5.74) is 1.75. The first-order valence-corrected chi connectivity index (χ1v) is 7.46. The van der Waals surface area contributed by atoms with Gasteiger partial charge in [-0.1, -0.05) is 24.3 Å². The van der Waals surface area contributed by atoms with Crippen LogP contribution in [-0.2, 0) is 6.54 Å². The lowest BCUT2D eigenvalue weighted by molar-refractivity contribution is 0.417. The van der Waals surface area contributed by atoms with Gasteiger partial charge in [0.15, 0.2) is 0 Å². The number of anilines is 3. The third-order valence-electron chi connectivity index (χ3n) is 3.40. The number of halogens is 1. The predicted molar refractivity (Wildman–Crippen MR) is 92.0 cm³/mol. The zero-order chi connectivity index (χ0) is 16.8. The minimum atomic E-state index is -0.246. The zero-order valence-corrected chi connectivity index (χ0v) is 13.2. The maximum Gasteiger partial charge on any atom is 0.229 e. The highest BCUT2D eigenvalue weighted by molar-refractivity contribution is 5.62. The molecule has 0 saturated carbocycles. The van der Waals surface area contributed by atoms with Crippen LogP contribution in [0.5, 0.6) is 5.75 Å². The smallest absolute Gasteiger partial charge is 0.229 e. The first-order valence-electron chi connectivity index (χ1n) is 7.46. The molecule has 0 fully saturated rings. The van der Waals surface area contributed by atoms with Crippen molar-refractivity contribution in [2.24, 2.45) is 0 Å². The summed E-state index contributed by atoms with van der Waals surface area (Å²) in [7, 11) is 1.61. The topological polar surface area (TPSA) is 59.1 Å². The van der Waals surface area contributed by atoms with Gasteiger partial charge < -0.3 is 15.4 Å². The summed E-state index contributed by atoms with van der Waals surface area (Å²) in [4.78, 5) is 8.62. The normalized spacial score (nSPS) is 10.2. The average Bonchev–Trinajstić information content (AvgIpc) is 2.62. The Morgan fingerprint density at radius 1 is 1.04 bits per heavy atom. The van der Waals surface area contributed by atoms with Crippen LogP contribution in [0.15, 0.2) is 60.8 Å². The number of aromatic nitrogens is 2. The van der Waals surface area contributed by atoms with Crippen LogP contribution in [0.2, 0.25) is 0 Å². The fraction of sp³-hybridized carbons (Fsp3) is 0.111. The molecule has 3 rings (SSSR count). The first kappa shape index (κ1) is 15.7. The highest BCUT2D eigenvalue weighted by atomic mass is 19.1. The summed E-state index contributed by atoms with van der Waals surface area (Å²) in [6.07, 6.45) is 1.66. The zero-order valence-electron chi connectivity index (χ0n) is 13.2. The van der Waals surface area contributed by atoms with E-state index in [4.69, 9.17) is 4.74 Å². The molecule has 2 aromatic carbocycles. The van der Waals surface area contributed by atoms with Gasteiger partial charge in [0.05, 0.1) is 12.8 Å². The molecule has 0 aliphatic carbocycles. The molecule has 0 amide bonds. The third-order valence-corrected chi connectivity index (χ3v) is 3.40. The number of benzene rings is 2. The molecule has 0 aliphatic rings. The van der Waals surface area contributed by atoms with E-state index < -0.39 is 0 Å². The summed E-state index contributed by atoms with van der Waals surface area (Å²) in [6.45, 7) is 0.547. The van der Waals surface area contributed by atoms with Crippen molar-refractivity contribution in [2.75, 3.05) is 17.7 Å². The molecule has 0 aliphatic heterocycles. The number of ether oxygens (including phenoxy) is 1. The highest BCUT2D eigenvalue weighted by Gasteiger charge is 2.05. The molecule has 24 heavy (non-hydrogen) atoms. The predicted octanol–water partition coefficient (Wildman–Crippen LogP) is 3.98. The quantitative estimate of drug-likeness (QED) is 0.718. The van der Waals surface area contributed by atoms with E-state index in [0.29, 0.717) is 24.1 Å². The minimum absolute atomic E-state index is 0.246. The minimum Gasteiger partial charge on any atom is -0.495 e. The summed E-state index contributed by atoms with van der Waals surface area (Å²) < 4.78 is 18.2. The van der Waals surface area contributed by atoms with Gasteiger partial charge in [-0.2, -0.15) is 4.98 Å². The molecule has 0 saturated heterocycles. The number of hydrogen-bond acceptors (Lipinski definition) is 5. The number of nitrogens with one attached hydrogen (secondary N) is 2. The van der Waals surface area contributed by atoms with Gasteiger partial charge in [-0.3, -0.25) is 0 Å². The SMILES string of the molecule is COc1ccccc1Nc1nccc(NCc2ccc(F)cc2)n1. The van der Waals surface area contributed by atoms with Gasteiger partial charge in [0.25, 0.3) is 0 Å². The summed E-state index contributed by atoms with van der Waals surface area (Å²) in [5, 5.41) is 6.32. The number of hydrogen-bond donors (Lipinski definition) is 2. The van der Waals surface area contributed by atoms with Gasteiger partial charge in [0.1, 0.15) is 17.4 Å². The summed E-state index contributed by atoms with van der Waals surface area (Å²) >= 11 is 0. The van der Waals surface area contributed by atoms with Crippen LogP contribution in [0.25, 0.3) is 0 Å². The maximum atomic E-state index is 12.9. The third kappa shape index (κ3) is 3.98. The molecule has 0 spiro atoms. The lowest BCUT2D eigenvalue weighted by Gasteiger charge is -2.11. The van der Waals surface area contributed by atoms with E-state index in [1.54, 1.807) is 31.5 Å². The van der Waals surface area contributed by atoms with E-state index in [0.717, 1.165) is 11.3 Å². The van der Waals surface area contributed by atoms with E-state index in [1.165, 1.54) is 12.1 Å². The van der Waals surface area contributed by atoms with Gasteiger partial charge in [0.2, 0.25) is 5.95 Å². The van der Waals surface area contributed by atoms with Crippen LogP contribution in [0.1, 0.15) is 5.56 Å². The molecule has 1 aromatic heterocycles. The van der Waals surface area contributed by atoms with Crippen LogP contribution in [0, 0.1) is 5.82 Å². The van der Waals surface area contributed by atoms with E-state index in [1.807, 2.05) is 24.3 Å². The Bertz CT molecular complexity index is 808. The van der Waals surface area contributed by atoms with Crippen molar-refractivity contribution < 1.29 is 9.13 Å². The molecular weight excluding hydrogens is 307 g/mol. The lowest BCUT2D eigenvalue weighted by Crippen LogP contribution is -2.04. The molecule has 0 unspecified atom stereocenters. The fourth-order valence-corrected chi connectivity index (χ4v) is 2.18. The molecule has 0 atom stereocenters. The molecule has 6 heteroatoms. The van der Waals surface area contributed by atoms with Crippen molar-refractivity contribution in [1.82, 2.24) is 9.97 Å². The number of rotatable bonds is 6. The largest absolute Gasteiger partial charge is 0.495 e. The monoisotopic (exact) mass is 324 g/mol. The Kier molecular flexibility index (Phi) is 4.86. The summed E-state index contributed by atoms with van der Waals surface area (Å²) in [6, 6.07) is 15.7. The van der Waals surface area contributed by atoms with Gasteiger partial charge in [-0.15, -0.1) is 0 Å². The van der Waals surface area contributed by atoms with Crippen molar-refractivity contribution in [3.05, 3.63) is 72.2 Å².